The van der Waals surface area contributed by atoms with Crippen molar-refractivity contribution in [1.29, 1.82) is 0 Å². The van der Waals surface area contributed by atoms with Gasteiger partial charge in [-0.2, -0.15) is 0 Å². The van der Waals surface area contributed by atoms with E-state index in [1.165, 1.54) is 6.07 Å². The molecule has 0 saturated carbocycles. The lowest BCUT2D eigenvalue weighted by molar-refractivity contribution is -0.123. The van der Waals surface area contributed by atoms with Crippen molar-refractivity contribution in [3.05, 3.63) is 94.8 Å². The number of carbonyl (C=O) groups excluding carboxylic acids is 2. The molecule has 1 heterocycles. The van der Waals surface area contributed by atoms with Crippen molar-refractivity contribution >= 4 is 23.2 Å². The van der Waals surface area contributed by atoms with E-state index in [1.54, 1.807) is 36.1 Å². The molecule has 2 amide bonds. The third kappa shape index (κ3) is 5.27. The number of aryl methyl sites for hydroxylation is 1. The minimum absolute atomic E-state index is 0.0466. The first kappa shape index (κ1) is 25.4. The Hall–Kier alpha value is -3.67. The molecular weight excluding hydrogens is 453 g/mol. The van der Waals surface area contributed by atoms with Crippen molar-refractivity contribution in [2.75, 3.05) is 17.6 Å². The van der Waals surface area contributed by atoms with Crippen LogP contribution in [-0.2, 0) is 10.2 Å². The van der Waals surface area contributed by atoms with Crippen molar-refractivity contribution in [2.24, 2.45) is 5.92 Å². The van der Waals surface area contributed by atoms with Crippen LogP contribution in [0.4, 0.5) is 15.8 Å². The normalized spacial score (nSPS) is 18.1. The van der Waals surface area contributed by atoms with Crippen LogP contribution < -0.4 is 11.1 Å². The second kappa shape index (κ2) is 10.1. The van der Waals surface area contributed by atoms with Crippen LogP contribution in [0.25, 0.3) is 0 Å². The number of likely N-dealkylation sites (tertiary alicyclic amines) is 1. The van der Waals surface area contributed by atoms with Gasteiger partial charge in [-0.15, -0.1) is 0 Å². The van der Waals surface area contributed by atoms with Gasteiger partial charge in [-0.05, 0) is 72.2 Å². The third-order valence-electron chi connectivity index (χ3n) is 6.91. The van der Waals surface area contributed by atoms with Gasteiger partial charge in [0.25, 0.3) is 5.91 Å². The Labute approximate surface area is 212 Å². The quantitative estimate of drug-likeness (QED) is 0.427. The first-order chi connectivity index (χ1) is 17.1. The summed E-state index contributed by atoms with van der Waals surface area (Å²) in [6.07, 6.45) is 1.24. The summed E-state index contributed by atoms with van der Waals surface area (Å²) in [6, 6.07) is 19.1. The SMILES string of the molecule is Cc1cccc(F)c1C(=O)N1CCC[C@H](C(=O)Nc2cccc(C(C)(C)C)c2)[C@@H]1c1cccc(N)c1. The summed E-state index contributed by atoms with van der Waals surface area (Å²) in [5.74, 6) is -1.66. The van der Waals surface area contributed by atoms with Crippen molar-refractivity contribution in [2.45, 2.75) is 52.0 Å². The van der Waals surface area contributed by atoms with Gasteiger partial charge >= 0.3 is 0 Å². The molecule has 0 aromatic heterocycles. The highest BCUT2D eigenvalue weighted by Crippen LogP contribution is 2.39. The van der Waals surface area contributed by atoms with Crippen LogP contribution in [0.15, 0.2) is 66.7 Å². The van der Waals surface area contributed by atoms with Gasteiger partial charge in [0.1, 0.15) is 5.82 Å². The smallest absolute Gasteiger partial charge is 0.257 e. The Morgan fingerprint density at radius 3 is 2.44 bits per heavy atom. The largest absolute Gasteiger partial charge is 0.399 e. The van der Waals surface area contributed by atoms with Gasteiger partial charge in [-0.25, -0.2) is 4.39 Å². The molecule has 0 bridgehead atoms. The van der Waals surface area contributed by atoms with E-state index in [4.69, 9.17) is 5.73 Å². The van der Waals surface area contributed by atoms with Crippen molar-refractivity contribution in [3.63, 3.8) is 0 Å². The zero-order valence-corrected chi connectivity index (χ0v) is 21.3. The number of halogens is 1. The molecule has 0 unspecified atom stereocenters. The maximum Gasteiger partial charge on any atom is 0.257 e. The molecule has 6 heteroatoms. The maximum atomic E-state index is 14.8. The van der Waals surface area contributed by atoms with E-state index in [-0.39, 0.29) is 16.9 Å². The number of hydrogen-bond donors (Lipinski definition) is 2. The highest BCUT2D eigenvalue weighted by molar-refractivity contribution is 5.98. The highest BCUT2D eigenvalue weighted by Gasteiger charge is 2.40. The summed E-state index contributed by atoms with van der Waals surface area (Å²) in [4.78, 5) is 29.0. The zero-order valence-electron chi connectivity index (χ0n) is 21.3. The number of piperidine rings is 1. The molecule has 188 valence electrons. The van der Waals surface area contributed by atoms with E-state index in [2.05, 4.69) is 26.1 Å². The van der Waals surface area contributed by atoms with Gasteiger partial charge in [-0.3, -0.25) is 9.59 Å². The van der Waals surface area contributed by atoms with Gasteiger partial charge < -0.3 is 16.0 Å². The van der Waals surface area contributed by atoms with Gasteiger partial charge in [0, 0.05) is 17.9 Å². The molecule has 0 radical (unpaired) electrons. The fourth-order valence-electron chi connectivity index (χ4n) is 5.00. The maximum absolute atomic E-state index is 14.8. The molecule has 0 aliphatic carbocycles. The standard InChI is InChI=1S/C30H34FN3O2/c1-19-9-5-15-25(31)26(19)29(36)34-16-8-14-24(27(34)20-10-6-12-22(32)17-20)28(35)33-23-13-7-11-21(18-23)30(2,3)4/h5-7,9-13,15,17-18,24,27H,8,14,16,32H2,1-4H3,(H,33,35)/t24-,27-/m0/s1. The fraction of sp³-hybridized carbons (Fsp3) is 0.333. The molecule has 2 atom stereocenters. The Bertz CT molecular complexity index is 1260. The number of carbonyl (C=O) groups is 2. The Balaban J connectivity index is 1.71. The van der Waals surface area contributed by atoms with Gasteiger partial charge in [0.2, 0.25) is 5.91 Å². The Morgan fingerprint density at radius 2 is 1.75 bits per heavy atom. The summed E-state index contributed by atoms with van der Waals surface area (Å²) >= 11 is 0. The first-order valence-electron chi connectivity index (χ1n) is 12.4. The lowest BCUT2D eigenvalue weighted by Crippen LogP contribution is -2.46. The van der Waals surface area contributed by atoms with Crippen molar-refractivity contribution < 1.29 is 14.0 Å². The van der Waals surface area contributed by atoms with Gasteiger partial charge in [0.15, 0.2) is 0 Å². The van der Waals surface area contributed by atoms with Crippen LogP contribution in [0.1, 0.15) is 66.7 Å². The number of hydrogen-bond acceptors (Lipinski definition) is 3. The number of rotatable bonds is 4. The van der Waals surface area contributed by atoms with Gasteiger partial charge in [-0.1, -0.05) is 57.2 Å². The van der Waals surface area contributed by atoms with E-state index < -0.39 is 23.7 Å². The van der Waals surface area contributed by atoms with Crippen LogP contribution in [0, 0.1) is 18.7 Å². The number of benzene rings is 3. The lowest BCUT2D eigenvalue weighted by atomic mass is 9.83. The minimum atomic E-state index is -0.570. The van der Waals surface area contributed by atoms with Crippen LogP contribution in [0.3, 0.4) is 0 Å². The molecule has 3 N–H and O–H groups in total. The number of nitrogens with one attached hydrogen (secondary N) is 1. The molecule has 1 aliphatic rings. The highest BCUT2D eigenvalue weighted by atomic mass is 19.1. The summed E-state index contributed by atoms with van der Waals surface area (Å²) in [7, 11) is 0. The van der Waals surface area contributed by atoms with Crippen molar-refractivity contribution in [3.8, 4) is 0 Å². The van der Waals surface area contributed by atoms with E-state index in [9.17, 15) is 14.0 Å². The summed E-state index contributed by atoms with van der Waals surface area (Å²) < 4.78 is 14.8. The van der Waals surface area contributed by atoms with E-state index in [0.717, 1.165) is 11.1 Å². The first-order valence-corrected chi connectivity index (χ1v) is 12.4. The Morgan fingerprint density at radius 1 is 1.03 bits per heavy atom. The van der Waals surface area contributed by atoms with Crippen LogP contribution in [0.2, 0.25) is 0 Å². The Kier molecular flexibility index (Phi) is 7.16. The zero-order chi connectivity index (χ0) is 26.0. The topological polar surface area (TPSA) is 75.4 Å². The summed E-state index contributed by atoms with van der Waals surface area (Å²) in [5.41, 5.74) is 9.78. The summed E-state index contributed by atoms with van der Waals surface area (Å²) in [5, 5.41) is 3.08. The molecule has 3 aromatic carbocycles. The van der Waals surface area contributed by atoms with Crippen molar-refractivity contribution in [1.82, 2.24) is 4.90 Å². The van der Waals surface area contributed by atoms with E-state index >= 15 is 0 Å². The second-order valence-electron chi connectivity index (χ2n) is 10.6. The second-order valence-corrected chi connectivity index (χ2v) is 10.6. The van der Waals surface area contributed by atoms with Crippen LogP contribution in [-0.4, -0.2) is 23.3 Å². The molecule has 36 heavy (non-hydrogen) atoms. The number of nitrogens with zero attached hydrogens (tertiary/aromatic N) is 1. The average molecular weight is 488 g/mol. The number of amides is 2. The minimum Gasteiger partial charge on any atom is -0.399 e. The third-order valence-corrected chi connectivity index (χ3v) is 6.91. The predicted octanol–water partition coefficient (Wildman–Crippen LogP) is 6.25. The number of nitrogen functional groups attached to an aromatic ring is 1. The monoisotopic (exact) mass is 487 g/mol. The molecule has 4 rings (SSSR count). The van der Waals surface area contributed by atoms with Crippen LogP contribution >= 0.6 is 0 Å². The summed E-state index contributed by atoms with van der Waals surface area (Å²) in [6.45, 7) is 8.52. The molecule has 1 aliphatic heterocycles. The van der Waals surface area contributed by atoms with Crippen LogP contribution in [0.5, 0.6) is 0 Å². The molecule has 3 aromatic rings. The molecular formula is C30H34FN3O2. The lowest BCUT2D eigenvalue weighted by Gasteiger charge is -2.41. The molecule has 0 spiro atoms. The van der Waals surface area contributed by atoms with E-state index in [1.807, 2.05) is 36.4 Å². The molecule has 1 fully saturated rings. The molecule has 5 nitrogen and oxygen atoms in total. The van der Waals surface area contributed by atoms with Gasteiger partial charge in [0.05, 0.1) is 17.5 Å². The fourth-order valence-corrected chi connectivity index (χ4v) is 5.00. The number of nitrogens with two attached hydrogens (primary N) is 1. The number of anilines is 2. The van der Waals surface area contributed by atoms with E-state index in [0.29, 0.717) is 36.3 Å². The molecule has 1 saturated heterocycles. The average Bonchev–Trinajstić information content (AvgIpc) is 2.83. The predicted molar refractivity (Wildman–Crippen MR) is 142 cm³/mol.